The van der Waals surface area contributed by atoms with Crippen LogP contribution in [0.25, 0.3) is 6.08 Å². The van der Waals surface area contributed by atoms with Gasteiger partial charge in [0.05, 0.1) is 25.5 Å². The maximum absolute atomic E-state index is 6.48. The third-order valence-electron chi connectivity index (χ3n) is 6.36. The van der Waals surface area contributed by atoms with Gasteiger partial charge in [0, 0.05) is 6.54 Å². The van der Waals surface area contributed by atoms with Crippen LogP contribution in [0.4, 0.5) is 0 Å². The minimum atomic E-state index is -0.0886. The zero-order chi connectivity index (χ0) is 21.0. The third kappa shape index (κ3) is 3.89. The van der Waals surface area contributed by atoms with Gasteiger partial charge in [0.1, 0.15) is 0 Å². The number of hydrogen-bond acceptors (Lipinski definition) is 5. The molecular weight excluding hydrogens is 374 g/mol. The van der Waals surface area contributed by atoms with Gasteiger partial charge in [0.25, 0.3) is 0 Å². The van der Waals surface area contributed by atoms with E-state index in [1.165, 1.54) is 30.4 Å². The molecule has 1 heterocycles. The van der Waals surface area contributed by atoms with Crippen molar-refractivity contribution in [3.63, 3.8) is 0 Å². The normalized spacial score (nSPS) is 19.2. The van der Waals surface area contributed by atoms with Crippen molar-refractivity contribution >= 4 is 12.0 Å². The fraction of sp³-hybridized carbons (Fsp3) is 0.400. The first kappa shape index (κ1) is 20.3. The fourth-order valence-corrected chi connectivity index (χ4v) is 4.79. The van der Waals surface area contributed by atoms with Crippen LogP contribution in [-0.2, 0) is 6.42 Å². The fourth-order valence-electron chi connectivity index (χ4n) is 4.79. The van der Waals surface area contributed by atoms with Crippen LogP contribution in [0.5, 0.6) is 11.5 Å². The van der Waals surface area contributed by atoms with Crippen LogP contribution in [0.15, 0.2) is 59.2 Å². The molecule has 1 fully saturated rings. The lowest BCUT2D eigenvalue weighted by atomic mass is 9.78. The second-order valence-corrected chi connectivity index (χ2v) is 8.09. The van der Waals surface area contributed by atoms with E-state index in [1.54, 1.807) is 14.2 Å². The minimum absolute atomic E-state index is 0.0886. The van der Waals surface area contributed by atoms with Gasteiger partial charge in [-0.05, 0) is 48.6 Å². The van der Waals surface area contributed by atoms with Crippen molar-refractivity contribution in [3.05, 3.63) is 65.4 Å². The van der Waals surface area contributed by atoms with Crippen molar-refractivity contribution in [2.75, 3.05) is 20.8 Å². The van der Waals surface area contributed by atoms with E-state index in [0.29, 0.717) is 5.96 Å². The Bertz CT molecular complexity index is 931. The Morgan fingerprint density at radius 2 is 1.73 bits per heavy atom. The van der Waals surface area contributed by atoms with E-state index in [4.69, 9.17) is 20.2 Å². The SMILES string of the molecule is COc1ccc(CCN2C(N)=N/C(=C\c3ccccc3)C23CCCCC3)cc1OC. The first-order valence-corrected chi connectivity index (χ1v) is 10.8. The summed E-state index contributed by atoms with van der Waals surface area (Å²) in [5.41, 5.74) is 9.88. The van der Waals surface area contributed by atoms with E-state index in [0.717, 1.165) is 43.0 Å². The Morgan fingerprint density at radius 1 is 1.00 bits per heavy atom. The van der Waals surface area contributed by atoms with Crippen molar-refractivity contribution in [1.29, 1.82) is 0 Å². The smallest absolute Gasteiger partial charge is 0.197 e. The number of methoxy groups -OCH3 is 2. The summed E-state index contributed by atoms with van der Waals surface area (Å²) in [6, 6.07) is 16.5. The van der Waals surface area contributed by atoms with Gasteiger partial charge in [-0.25, -0.2) is 4.99 Å². The van der Waals surface area contributed by atoms with E-state index in [9.17, 15) is 0 Å². The zero-order valence-corrected chi connectivity index (χ0v) is 17.9. The van der Waals surface area contributed by atoms with Crippen LogP contribution in [0.1, 0.15) is 43.2 Å². The van der Waals surface area contributed by atoms with E-state index in [2.05, 4.69) is 47.4 Å². The average molecular weight is 406 g/mol. The maximum Gasteiger partial charge on any atom is 0.197 e. The van der Waals surface area contributed by atoms with Crippen molar-refractivity contribution in [2.45, 2.75) is 44.1 Å². The highest BCUT2D eigenvalue weighted by Gasteiger charge is 2.46. The Balaban J connectivity index is 1.59. The molecule has 158 valence electrons. The summed E-state index contributed by atoms with van der Waals surface area (Å²) in [6.45, 7) is 0.830. The zero-order valence-electron chi connectivity index (χ0n) is 17.9. The van der Waals surface area contributed by atoms with Crippen molar-refractivity contribution < 1.29 is 9.47 Å². The molecule has 0 amide bonds. The molecule has 30 heavy (non-hydrogen) atoms. The Morgan fingerprint density at radius 3 is 2.43 bits per heavy atom. The van der Waals surface area contributed by atoms with Crippen LogP contribution in [0.2, 0.25) is 0 Å². The molecule has 0 atom stereocenters. The second kappa shape index (κ2) is 8.82. The number of aliphatic imine (C=N–C) groups is 1. The molecule has 2 aromatic rings. The lowest BCUT2D eigenvalue weighted by molar-refractivity contribution is 0.168. The van der Waals surface area contributed by atoms with Gasteiger partial charge in [-0.15, -0.1) is 0 Å². The molecule has 1 saturated carbocycles. The number of ether oxygens (including phenoxy) is 2. The minimum Gasteiger partial charge on any atom is -0.493 e. The first-order chi connectivity index (χ1) is 14.7. The lowest BCUT2D eigenvalue weighted by Gasteiger charge is -2.43. The maximum atomic E-state index is 6.48. The molecule has 1 spiro atoms. The molecule has 0 saturated heterocycles. The summed E-state index contributed by atoms with van der Waals surface area (Å²) >= 11 is 0. The van der Waals surface area contributed by atoms with Crippen LogP contribution in [0.3, 0.4) is 0 Å². The number of guanidine groups is 1. The van der Waals surface area contributed by atoms with Crippen LogP contribution >= 0.6 is 0 Å². The highest BCUT2D eigenvalue weighted by molar-refractivity contribution is 5.85. The van der Waals surface area contributed by atoms with E-state index in [1.807, 2.05) is 12.1 Å². The summed E-state index contributed by atoms with van der Waals surface area (Å²) in [7, 11) is 3.33. The number of benzene rings is 2. The number of rotatable bonds is 6. The molecule has 5 nitrogen and oxygen atoms in total. The van der Waals surface area contributed by atoms with Crippen LogP contribution in [0, 0.1) is 0 Å². The molecule has 0 aromatic heterocycles. The molecule has 2 aromatic carbocycles. The molecule has 2 aliphatic rings. The van der Waals surface area contributed by atoms with E-state index < -0.39 is 0 Å². The van der Waals surface area contributed by atoms with Gasteiger partial charge < -0.3 is 20.1 Å². The Hall–Kier alpha value is -2.95. The molecule has 1 aliphatic heterocycles. The standard InChI is InChI=1S/C25H31N3O2/c1-29-21-12-11-20(17-22(21)30-2)13-16-28-24(26)27-23(18-19-9-5-3-6-10-19)25(28)14-7-4-8-15-25/h3,5-6,9-12,17-18H,4,7-8,13-16H2,1-2H3,(H2,26,27)/b23-18-. The Labute approximate surface area is 179 Å². The van der Waals surface area contributed by atoms with Gasteiger partial charge in [-0.3, -0.25) is 0 Å². The summed E-state index contributed by atoms with van der Waals surface area (Å²) in [6.07, 6.45) is 8.99. The van der Waals surface area contributed by atoms with Crippen molar-refractivity contribution in [2.24, 2.45) is 10.7 Å². The van der Waals surface area contributed by atoms with E-state index in [-0.39, 0.29) is 5.54 Å². The van der Waals surface area contributed by atoms with Crippen molar-refractivity contribution in [3.8, 4) is 11.5 Å². The van der Waals surface area contributed by atoms with E-state index >= 15 is 0 Å². The largest absolute Gasteiger partial charge is 0.493 e. The summed E-state index contributed by atoms with van der Waals surface area (Å²) in [5.74, 6) is 2.15. The molecule has 4 rings (SSSR count). The molecule has 0 unspecified atom stereocenters. The average Bonchev–Trinajstić information content (AvgIpc) is 3.03. The quantitative estimate of drug-likeness (QED) is 0.762. The number of nitrogens with two attached hydrogens (primary N) is 1. The predicted molar refractivity (Wildman–Crippen MR) is 122 cm³/mol. The summed E-state index contributed by atoms with van der Waals surface area (Å²) in [5, 5.41) is 0. The third-order valence-corrected chi connectivity index (χ3v) is 6.36. The number of hydrogen-bond donors (Lipinski definition) is 1. The van der Waals surface area contributed by atoms with Gasteiger partial charge in [0.15, 0.2) is 17.5 Å². The molecule has 2 N–H and O–H groups in total. The molecule has 0 radical (unpaired) electrons. The van der Waals surface area contributed by atoms with Gasteiger partial charge in [0.2, 0.25) is 0 Å². The molecule has 5 heteroatoms. The lowest BCUT2D eigenvalue weighted by Crippen LogP contribution is -2.52. The monoisotopic (exact) mass is 405 g/mol. The molecule has 1 aliphatic carbocycles. The topological polar surface area (TPSA) is 60.1 Å². The highest BCUT2D eigenvalue weighted by Crippen LogP contribution is 2.44. The Kier molecular flexibility index (Phi) is 5.98. The predicted octanol–water partition coefficient (Wildman–Crippen LogP) is 4.62. The summed E-state index contributed by atoms with van der Waals surface area (Å²) < 4.78 is 10.8. The van der Waals surface area contributed by atoms with Crippen LogP contribution in [-0.4, -0.2) is 37.2 Å². The first-order valence-electron chi connectivity index (χ1n) is 10.8. The van der Waals surface area contributed by atoms with Crippen LogP contribution < -0.4 is 15.2 Å². The van der Waals surface area contributed by atoms with Gasteiger partial charge in [-0.2, -0.15) is 0 Å². The van der Waals surface area contributed by atoms with Gasteiger partial charge >= 0.3 is 0 Å². The molecular formula is C25H31N3O2. The molecule has 0 bridgehead atoms. The van der Waals surface area contributed by atoms with Crippen molar-refractivity contribution in [1.82, 2.24) is 4.90 Å². The van der Waals surface area contributed by atoms with Gasteiger partial charge in [-0.1, -0.05) is 55.7 Å². The highest BCUT2D eigenvalue weighted by atomic mass is 16.5. The summed E-state index contributed by atoms with van der Waals surface area (Å²) in [4.78, 5) is 7.20. The number of nitrogens with zero attached hydrogens (tertiary/aromatic N) is 2. The second-order valence-electron chi connectivity index (χ2n) is 8.09.